The van der Waals surface area contributed by atoms with E-state index in [-0.39, 0.29) is 17.7 Å². The van der Waals surface area contributed by atoms with Crippen LogP contribution in [0.4, 0.5) is 0 Å². The second-order valence-corrected chi connectivity index (χ2v) is 6.09. The Morgan fingerprint density at radius 1 is 1.53 bits per heavy atom. The zero-order valence-electron chi connectivity index (χ0n) is 11.3. The molecule has 0 radical (unpaired) electrons. The van der Waals surface area contributed by atoms with Crippen molar-refractivity contribution in [1.29, 1.82) is 0 Å². The summed E-state index contributed by atoms with van der Waals surface area (Å²) in [6, 6.07) is 1.15. The van der Waals surface area contributed by atoms with Crippen molar-refractivity contribution in [3.05, 3.63) is 23.8 Å². The van der Waals surface area contributed by atoms with Crippen LogP contribution in [0.5, 0.6) is 0 Å². The van der Waals surface area contributed by atoms with E-state index in [1.807, 2.05) is 0 Å². The lowest BCUT2D eigenvalue weighted by atomic mass is 9.81. The van der Waals surface area contributed by atoms with Gasteiger partial charge < -0.3 is 9.47 Å². The standard InChI is InChI=1S/C15H19NO3/c1-9(18-2)12-5-6-13-15-8-11(16(12)13)4-3-10(15)7-14(17)19-15/h3-4,7,9,11-13H,5-6,8H2,1-2H3/t9-,11+,12?,13+,15-/m0/s1. The highest BCUT2D eigenvalue weighted by Gasteiger charge is 2.63. The Bertz CT molecular complexity index is 498. The maximum absolute atomic E-state index is 11.7. The molecular formula is C15H19NO3. The number of carbonyl (C=O) groups excluding carboxylic acids is 1. The molecule has 0 aromatic carbocycles. The second kappa shape index (κ2) is 3.70. The maximum atomic E-state index is 11.7. The van der Waals surface area contributed by atoms with Crippen molar-refractivity contribution in [2.75, 3.05) is 7.11 Å². The average molecular weight is 261 g/mol. The highest BCUT2D eigenvalue weighted by Crippen LogP contribution is 2.54. The number of ether oxygens (including phenoxy) is 2. The van der Waals surface area contributed by atoms with E-state index >= 15 is 0 Å². The molecule has 0 aromatic heterocycles. The second-order valence-electron chi connectivity index (χ2n) is 6.09. The van der Waals surface area contributed by atoms with Crippen LogP contribution in [0, 0.1) is 0 Å². The van der Waals surface area contributed by atoms with E-state index in [4.69, 9.17) is 9.47 Å². The lowest BCUT2D eigenvalue weighted by Crippen LogP contribution is -2.47. The SMILES string of the molecule is CO[C@@H](C)C1CC[C@H]2N1[C@@H]1C=CC3=CC(=O)O[C@@]32C1. The third-order valence-corrected chi connectivity index (χ3v) is 5.37. The molecule has 2 bridgehead atoms. The van der Waals surface area contributed by atoms with Crippen molar-refractivity contribution in [3.63, 3.8) is 0 Å². The first-order valence-corrected chi connectivity index (χ1v) is 7.09. The normalized spacial score (nSPS) is 44.8. The molecule has 3 heterocycles. The summed E-state index contributed by atoms with van der Waals surface area (Å²) in [5.41, 5.74) is 0.714. The maximum Gasteiger partial charge on any atom is 0.332 e. The molecule has 4 rings (SSSR count). The van der Waals surface area contributed by atoms with Crippen LogP contribution in [0.1, 0.15) is 26.2 Å². The Balaban J connectivity index is 1.74. The van der Waals surface area contributed by atoms with Gasteiger partial charge in [0, 0.05) is 37.3 Å². The first-order valence-electron chi connectivity index (χ1n) is 7.09. The summed E-state index contributed by atoms with van der Waals surface area (Å²) in [6.07, 6.45) is 9.33. The molecule has 0 aromatic rings. The van der Waals surface area contributed by atoms with Crippen LogP contribution in [0.2, 0.25) is 0 Å². The van der Waals surface area contributed by atoms with Gasteiger partial charge in [0.1, 0.15) is 0 Å². The molecule has 0 N–H and O–H groups in total. The van der Waals surface area contributed by atoms with Gasteiger partial charge >= 0.3 is 5.97 Å². The molecule has 1 spiro atoms. The summed E-state index contributed by atoms with van der Waals surface area (Å²) < 4.78 is 11.3. The Morgan fingerprint density at radius 3 is 3.16 bits per heavy atom. The molecule has 1 aliphatic carbocycles. The van der Waals surface area contributed by atoms with Gasteiger partial charge in [-0.2, -0.15) is 0 Å². The van der Waals surface area contributed by atoms with Crippen LogP contribution in [0.3, 0.4) is 0 Å². The van der Waals surface area contributed by atoms with Crippen LogP contribution in [0.15, 0.2) is 23.8 Å². The number of rotatable bonds is 2. The molecule has 2 saturated heterocycles. The Labute approximate surface area is 113 Å². The molecule has 5 atom stereocenters. The predicted octanol–water partition coefficient (Wildman–Crippen LogP) is 1.42. The van der Waals surface area contributed by atoms with Gasteiger partial charge in [-0.1, -0.05) is 12.2 Å². The van der Waals surface area contributed by atoms with Gasteiger partial charge in [-0.15, -0.1) is 0 Å². The molecule has 4 nitrogen and oxygen atoms in total. The van der Waals surface area contributed by atoms with Gasteiger partial charge in [0.15, 0.2) is 5.60 Å². The fraction of sp³-hybridized carbons (Fsp3) is 0.667. The summed E-state index contributed by atoms with van der Waals surface area (Å²) >= 11 is 0. The minimum Gasteiger partial charge on any atom is -0.449 e. The van der Waals surface area contributed by atoms with Gasteiger partial charge in [-0.3, -0.25) is 4.90 Å². The number of nitrogens with zero attached hydrogens (tertiary/aromatic N) is 1. The van der Waals surface area contributed by atoms with Crippen molar-refractivity contribution >= 4 is 5.97 Å². The van der Waals surface area contributed by atoms with Crippen LogP contribution >= 0.6 is 0 Å². The molecule has 0 saturated carbocycles. The number of hydrogen-bond acceptors (Lipinski definition) is 4. The van der Waals surface area contributed by atoms with Gasteiger partial charge in [0.05, 0.1) is 12.1 Å². The van der Waals surface area contributed by atoms with Crippen molar-refractivity contribution in [2.24, 2.45) is 0 Å². The number of fused-ring (bicyclic) bond motifs is 3. The van der Waals surface area contributed by atoms with Gasteiger partial charge in [0.2, 0.25) is 0 Å². The molecule has 3 aliphatic heterocycles. The first kappa shape index (κ1) is 11.7. The first-order chi connectivity index (χ1) is 9.15. The Kier molecular flexibility index (Phi) is 2.28. The van der Waals surface area contributed by atoms with E-state index in [0.717, 1.165) is 24.8 Å². The van der Waals surface area contributed by atoms with Gasteiger partial charge in [-0.25, -0.2) is 4.79 Å². The minimum atomic E-state index is -0.362. The van der Waals surface area contributed by atoms with E-state index in [9.17, 15) is 4.79 Å². The molecule has 1 unspecified atom stereocenters. The smallest absolute Gasteiger partial charge is 0.332 e. The summed E-state index contributed by atoms with van der Waals surface area (Å²) in [5.74, 6) is -0.176. The molecule has 19 heavy (non-hydrogen) atoms. The average Bonchev–Trinajstić information content (AvgIpc) is 3.02. The largest absolute Gasteiger partial charge is 0.449 e. The van der Waals surface area contributed by atoms with Crippen molar-refractivity contribution in [3.8, 4) is 0 Å². The number of methoxy groups -OCH3 is 1. The summed E-state index contributed by atoms with van der Waals surface area (Å²) in [4.78, 5) is 14.2. The van der Waals surface area contributed by atoms with Crippen molar-refractivity contribution < 1.29 is 14.3 Å². The van der Waals surface area contributed by atoms with Gasteiger partial charge in [0.25, 0.3) is 0 Å². The highest BCUT2D eigenvalue weighted by atomic mass is 16.6. The quantitative estimate of drug-likeness (QED) is 0.705. The monoisotopic (exact) mass is 261 g/mol. The minimum absolute atomic E-state index is 0.176. The molecule has 2 fully saturated rings. The third-order valence-electron chi connectivity index (χ3n) is 5.37. The van der Waals surface area contributed by atoms with E-state index in [1.54, 1.807) is 13.2 Å². The van der Waals surface area contributed by atoms with Crippen LogP contribution < -0.4 is 0 Å². The fourth-order valence-corrected chi connectivity index (χ4v) is 4.50. The molecule has 0 amide bonds. The highest BCUT2D eigenvalue weighted by molar-refractivity contribution is 5.88. The zero-order valence-corrected chi connectivity index (χ0v) is 11.3. The summed E-state index contributed by atoms with van der Waals surface area (Å²) in [5, 5.41) is 0. The summed E-state index contributed by atoms with van der Waals surface area (Å²) in [6.45, 7) is 2.13. The lowest BCUT2D eigenvalue weighted by molar-refractivity contribution is -0.147. The topological polar surface area (TPSA) is 38.8 Å². The molecular weight excluding hydrogens is 242 g/mol. The van der Waals surface area contributed by atoms with Crippen LogP contribution in [-0.2, 0) is 14.3 Å². The lowest BCUT2D eigenvalue weighted by Gasteiger charge is -2.33. The predicted molar refractivity (Wildman–Crippen MR) is 69.6 cm³/mol. The van der Waals surface area contributed by atoms with Crippen LogP contribution in [0.25, 0.3) is 0 Å². The number of hydrogen-bond donors (Lipinski definition) is 0. The molecule has 102 valence electrons. The Hall–Kier alpha value is -1.13. The zero-order chi connectivity index (χ0) is 13.2. The number of esters is 1. The summed E-state index contributed by atoms with van der Waals surface area (Å²) in [7, 11) is 1.77. The van der Waals surface area contributed by atoms with Crippen LogP contribution in [-0.4, -0.2) is 47.8 Å². The van der Waals surface area contributed by atoms with Crippen molar-refractivity contribution in [1.82, 2.24) is 4.90 Å². The number of carbonyl (C=O) groups is 1. The van der Waals surface area contributed by atoms with E-state index in [0.29, 0.717) is 18.1 Å². The fourth-order valence-electron chi connectivity index (χ4n) is 4.50. The van der Waals surface area contributed by atoms with E-state index < -0.39 is 0 Å². The van der Waals surface area contributed by atoms with E-state index in [2.05, 4.69) is 24.0 Å². The Morgan fingerprint density at radius 2 is 2.37 bits per heavy atom. The van der Waals surface area contributed by atoms with Crippen molar-refractivity contribution in [2.45, 2.75) is 56.0 Å². The van der Waals surface area contributed by atoms with E-state index in [1.165, 1.54) is 0 Å². The molecule has 4 heteroatoms. The molecule has 4 aliphatic rings. The third kappa shape index (κ3) is 1.33. The van der Waals surface area contributed by atoms with Gasteiger partial charge in [-0.05, 0) is 19.8 Å².